The van der Waals surface area contributed by atoms with Crippen LogP contribution in [0.25, 0.3) is 11.3 Å². The van der Waals surface area contributed by atoms with Crippen LogP contribution >= 0.6 is 11.6 Å². The lowest BCUT2D eigenvalue weighted by Gasteiger charge is -2.32. The lowest BCUT2D eigenvalue weighted by molar-refractivity contribution is -0.120. The van der Waals surface area contributed by atoms with Gasteiger partial charge in [0, 0.05) is 18.7 Å². The molecule has 1 aliphatic heterocycles. The van der Waals surface area contributed by atoms with Gasteiger partial charge >= 0.3 is 0 Å². The van der Waals surface area contributed by atoms with Crippen molar-refractivity contribution < 1.29 is 4.79 Å². The minimum absolute atomic E-state index is 0.00772. The Balaban J connectivity index is 1.43. The molecule has 1 saturated heterocycles. The molecule has 2 aromatic carbocycles. The van der Waals surface area contributed by atoms with Crippen LogP contribution in [0.15, 0.2) is 66.7 Å². The van der Waals surface area contributed by atoms with Crippen LogP contribution in [0.1, 0.15) is 12.8 Å². The Morgan fingerprint density at radius 3 is 2.54 bits per heavy atom. The van der Waals surface area contributed by atoms with Crippen LogP contribution in [0.2, 0.25) is 5.02 Å². The molecule has 5 nitrogen and oxygen atoms in total. The van der Waals surface area contributed by atoms with E-state index in [2.05, 4.69) is 20.4 Å². The van der Waals surface area contributed by atoms with E-state index in [1.165, 1.54) is 0 Å². The van der Waals surface area contributed by atoms with Gasteiger partial charge < -0.3 is 10.2 Å². The van der Waals surface area contributed by atoms with Gasteiger partial charge in [-0.1, -0.05) is 54.1 Å². The van der Waals surface area contributed by atoms with Crippen molar-refractivity contribution in [1.29, 1.82) is 0 Å². The number of nitrogens with one attached hydrogen (secondary N) is 1. The molecule has 6 heteroatoms. The van der Waals surface area contributed by atoms with Crippen molar-refractivity contribution in [2.75, 3.05) is 23.3 Å². The third kappa shape index (κ3) is 4.15. The molecule has 1 aromatic heterocycles. The van der Waals surface area contributed by atoms with Crippen molar-refractivity contribution >= 4 is 29.0 Å². The first-order chi connectivity index (χ1) is 13.7. The fraction of sp³-hybridized carbons (Fsp3) is 0.227. The number of hydrogen-bond acceptors (Lipinski definition) is 4. The normalized spacial score (nSPS) is 16.6. The van der Waals surface area contributed by atoms with E-state index in [4.69, 9.17) is 11.6 Å². The van der Waals surface area contributed by atoms with Gasteiger partial charge in [0.1, 0.15) is 0 Å². The molecule has 28 heavy (non-hydrogen) atoms. The third-order valence-electron chi connectivity index (χ3n) is 4.97. The molecular weight excluding hydrogens is 372 g/mol. The third-order valence-corrected chi connectivity index (χ3v) is 5.30. The smallest absolute Gasteiger partial charge is 0.229 e. The van der Waals surface area contributed by atoms with Gasteiger partial charge in [-0.05, 0) is 37.1 Å². The maximum atomic E-state index is 12.7. The van der Waals surface area contributed by atoms with E-state index in [1.807, 2.05) is 60.7 Å². The number of halogens is 1. The predicted octanol–water partition coefficient (Wildman–Crippen LogP) is 4.65. The Bertz CT molecular complexity index is 946. The van der Waals surface area contributed by atoms with Gasteiger partial charge in [0.05, 0.1) is 22.3 Å². The Kier molecular flexibility index (Phi) is 5.53. The van der Waals surface area contributed by atoms with Gasteiger partial charge in [-0.25, -0.2) is 0 Å². The summed E-state index contributed by atoms with van der Waals surface area (Å²) in [7, 11) is 0. The summed E-state index contributed by atoms with van der Waals surface area (Å²) >= 11 is 6.15. The number of benzene rings is 2. The molecule has 0 spiro atoms. The fourth-order valence-corrected chi connectivity index (χ4v) is 3.64. The van der Waals surface area contributed by atoms with Gasteiger partial charge in [-0.15, -0.1) is 10.2 Å². The van der Waals surface area contributed by atoms with Crippen molar-refractivity contribution in [3.8, 4) is 11.3 Å². The molecule has 1 amide bonds. The maximum absolute atomic E-state index is 12.7. The Morgan fingerprint density at radius 1 is 1.00 bits per heavy atom. The van der Waals surface area contributed by atoms with Crippen LogP contribution in [0.5, 0.6) is 0 Å². The average Bonchev–Trinajstić information content (AvgIpc) is 2.76. The summed E-state index contributed by atoms with van der Waals surface area (Å²) in [4.78, 5) is 14.8. The highest BCUT2D eigenvalue weighted by molar-refractivity contribution is 6.33. The summed E-state index contributed by atoms with van der Waals surface area (Å²) in [5.74, 6) is 0.683. The molecule has 4 rings (SSSR count). The second kappa shape index (κ2) is 8.40. The molecule has 0 aliphatic carbocycles. The number of hydrogen-bond donors (Lipinski definition) is 1. The Hall–Kier alpha value is -2.92. The Labute approximate surface area is 169 Å². The molecule has 1 atom stereocenters. The molecule has 0 saturated carbocycles. The van der Waals surface area contributed by atoms with E-state index in [1.54, 1.807) is 6.07 Å². The SMILES string of the molecule is O=C(Nc1ccccc1Cl)C1CCCN(c2ccc(-c3ccccc3)nn2)C1. The minimum atomic E-state index is -0.111. The molecule has 1 aliphatic rings. The fourth-order valence-electron chi connectivity index (χ4n) is 3.45. The largest absolute Gasteiger partial charge is 0.354 e. The van der Waals surface area contributed by atoms with Gasteiger partial charge in [-0.2, -0.15) is 0 Å². The highest BCUT2D eigenvalue weighted by atomic mass is 35.5. The molecule has 3 aromatic rings. The average molecular weight is 393 g/mol. The van der Waals surface area contributed by atoms with E-state index in [-0.39, 0.29) is 11.8 Å². The highest BCUT2D eigenvalue weighted by Crippen LogP contribution is 2.26. The number of amides is 1. The van der Waals surface area contributed by atoms with E-state index in [9.17, 15) is 4.79 Å². The number of piperidine rings is 1. The number of rotatable bonds is 4. The number of carbonyl (C=O) groups excluding carboxylic acids is 1. The van der Waals surface area contributed by atoms with Crippen molar-refractivity contribution in [2.45, 2.75) is 12.8 Å². The predicted molar refractivity (Wildman–Crippen MR) is 112 cm³/mol. The van der Waals surface area contributed by atoms with Crippen LogP contribution in [0.4, 0.5) is 11.5 Å². The summed E-state index contributed by atoms with van der Waals surface area (Å²) < 4.78 is 0. The zero-order valence-corrected chi connectivity index (χ0v) is 16.1. The van der Waals surface area contributed by atoms with Crippen LogP contribution < -0.4 is 10.2 Å². The zero-order valence-electron chi connectivity index (χ0n) is 15.4. The van der Waals surface area contributed by atoms with Crippen molar-refractivity contribution in [2.24, 2.45) is 5.92 Å². The van der Waals surface area contributed by atoms with Crippen molar-refractivity contribution in [1.82, 2.24) is 10.2 Å². The van der Waals surface area contributed by atoms with Crippen molar-refractivity contribution in [3.05, 3.63) is 71.8 Å². The number of nitrogens with zero attached hydrogens (tertiary/aromatic N) is 3. The number of carbonyl (C=O) groups is 1. The minimum Gasteiger partial charge on any atom is -0.354 e. The maximum Gasteiger partial charge on any atom is 0.229 e. The quantitative estimate of drug-likeness (QED) is 0.702. The number of aromatic nitrogens is 2. The first-order valence-electron chi connectivity index (χ1n) is 9.40. The van der Waals surface area contributed by atoms with E-state index in [0.717, 1.165) is 36.5 Å². The van der Waals surface area contributed by atoms with Crippen LogP contribution in [0, 0.1) is 5.92 Å². The summed E-state index contributed by atoms with van der Waals surface area (Å²) in [6, 6.07) is 21.2. The van der Waals surface area contributed by atoms with Gasteiger partial charge in [0.25, 0.3) is 0 Å². The molecule has 1 fully saturated rings. The molecular formula is C22H21ClN4O. The lowest BCUT2D eigenvalue weighted by atomic mass is 9.97. The highest BCUT2D eigenvalue weighted by Gasteiger charge is 2.27. The van der Waals surface area contributed by atoms with E-state index < -0.39 is 0 Å². The first-order valence-corrected chi connectivity index (χ1v) is 9.78. The molecule has 1 N–H and O–H groups in total. The summed E-state index contributed by atoms with van der Waals surface area (Å²) in [5.41, 5.74) is 2.53. The van der Waals surface area contributed by atoms with Crippen LogP contribution in [-0.4, -0.2) is 29.2 Å². The lowest BCUT2D eigenvalue weighted by Crippen LogP contribution is -2.41. The standard InChI is InChI=1S/C22H21ClN4O/c23-18-10-4-5-11-20(18)24-22(28)17-9-6-14-27(15-17)21-13-12-19(25-26-21)16-7-2-1-3-8-16/h1-5,7-8,10-13,17H,6,9,14-15H2,(H,24,28). The second-order valence-electron chi connectivity index (χ2n) is 6.90. The monoisotopic (exact) mass is 392 g/mol. The van der Waals surface area contributed by atoms with Gasteiger partial charge in [0.15, 0.2) is 5.82 Å². The molecule has 0 radical (unpaired) electrons. The number of anilines is 2. The summed E-state index contributed by atoms with van der Waals surface area (Å²) in [6.45, 7) is 1.49. The molecule has 2 heterocycles. The summed E-state index contributed by atoms with van der Waals surface area (Å²) in [5, 5.41) is 12.3. The van der Waals surface area contributed by atoms with Crippen molar-refractivity contribution in [3.63, 3.8) is 0 Å². The van der Waals surface area contributed by atoms with E-state index in [0.29, 0.717) is 17.3 Å². The number of para-hydroxylation sites is 1. The summed E-state index contributed by atoms with van der Waals surface area (Å²) in [6.07, 6.45) is 1.78. The van der Waals surface area contributed by atoms with E-state index >= 15 is 0 Å². The zero-order chi connectivity index (χ0) is 19.3. The van der Waals surface area contributed by atoms with Gasteiger partial charge in [-0.3, -0.25) is 4.79 Å². The Morgan fingerprint density at radius 2 is 1.79 bits per heavy atom. The molecule has 142 valence electrons. The van der Waals surface area contributed by atoms with Crippen LogP contribution in [-0.2, 0) is 4.79 Å². The molecule has 1 unspecified atom stereocenters. The van der Waals surface area contributed by atoms with Gasteiger partial charge in [0.2, 0.25) is 5.91 Å². The molecule has 0 bridgehead atoms. The first kappa shape index (κ1) is 18.4. The second-order valence-corrected chi connectivity index (χ2v) is 7.30. The van der Waals surface area contributed by atoms with Crippen LogP contribution in [0.3, 0.4) is 0 Å². The topological polar surface area (TPSA) is 58.1 Å².